The maximum atomic E-state index is 12.2. The second-order valence-corrected chi connectivity index (χ2v) is 6.31. The second kappa shape index (κ2) is 7.88. The molecule has 134 valence electrons. The van der Waals surface area contributed by atoms with E-state index in [9.17, 15) is 9.90 Å². The minimum absolute atomic E-state index is 0.0325. The average Bonchev–Trinajstić information content (AvgIpc) is 3.11. The number of hydrogen-bond acceptors (Lipinski definition) is 6. The quantitative estimate of drug-likeness (QED) is 0.647. The Morgan fingerprint density at radius 1 is 1.15 bits per heavy atom. The van der Waals surface area contributed by atoms with E-state index in [2.05, 4.69) is 10.3 Å². The number of amides is 1. The fourth-order valence-corrected chi connectivity index (χ4v) is 3.24. The molecule has 0 aliphatic carbocycles. The molecule has 26 heavy (non-hydrogen) atoms. The molecule has 2 N–H and O–H groups in total. The van der Waals surface area contributed by atoms with Crippen molar-refractivity contribution in [2.75, 3.05) is 19.5 Å². The van der Waals surface area contributed by atoms with Gasteiger partial charge in [-0.05, 0) is 30.3 Å². The number of methoxy groups -OCH3 is 2. The Labute approximate surface area is 155 Å². The molecule has 7 heteroatoms. The molecule has 1 heterocycles. The number of benzene rings is 2. The highest BCUT2D eigenvalue weighted by atomic mass is 32.1. The highest BCUT2D eigenvalue weighted by Crippen LogP contribution is 2.33. The third kappa shape index (κ3) is 3.94. The van der Waals surface area contributed by atoms with Gasteiger partial charge >= 0.3 is 0 Å². The van der Waals surface area contributed by atoms with Gasteiger partial charge in [0.1, 0.15) is 10.8 Å². The predicted octanol–water partition coefficient (Wildman–Crippen LogP) is 3.71. The molecular weight excluding hydrogens is 352 g/mol. The van der Waals surface area contributed by atoms with Crippen LogP contribution in [0.3, 0.4) is 0 Å². The molecule has 6 nitrogen and oxygen atoms in total. The van der Waals surface area contributed by atoms with E-state index in [4.69, 9.17) is 9.47 Å². The van der Waals surface area contributed by atoms with E-state index in [0.717, 1.165) is 10.6 Å². The minimum Gasteiger partial charge on any atom is -0.506 e. The number of phenols is 1. The first-order chi connectivity index (χ1) is 12.6. The van der Waals surface area contributed by atoms with Gasteiger partial charge in [0, 0.05) is 10.9 Å². The summed E-state index contributed by atoms with van der Waals surface area (Å²) in [6.45, 7) is 0. The Hall–Kier alpha value is -3.06. The molecule has 0 atom stereocenters. The van der Waals surface area contributed by atoms with Crippen molar-refractivity contribution in [3.63, 3.8) is 0 Å². The van der Waals surface area contributed by atoms with Crippen molar-refractivity contribution < 1.29 is 19.4 Å². The molecule has 0 fully saturated rings. The first-order valence-electron chi connectivity index (χ1n) is 7.85. The number of ether oxygens (including phenoxy) is 2. The smallest absolute Gasteiger partial charge is 0.230 e. The molecule has 1 amide bonds. The van der Waals surface area contributed by atoms with Gasteiger partial charge < -0.3 is 19.9 Å². The molecule has 0 unspecified atom stereocenters. The number of anilines is 1. The van der Waals surface area contributed by atoms with E-state index in [0.29, 0.717) is 22.9 Å². The largest absolute Gasteiger partial charge is 0.506 e. The molecule has 1 aromatic heterocycles. The van der Waals surface area contributed by atoms with E-state index in [1.54, 1.807) is 32.4 Å². The summed E-state index contributed by atoms with van der Waals surface area (Å²) in [4.78, 5) is 16.7. The van der Waals surface area contributed by atoms with Crippen molar-refractivity contribution in [1.29, 1.82) is 0 Å². The summed E-state index contributed by atoms with van der Waals surface area (Å²) >= 11 is 1.45. The van der Waals surface area contributed by atoms with Crippen LogP contribution < -0.4 is 14.8 Å². The van der Waals surface area contributed by atoms with Gasteiger partial charge in [-0.1, -0.05) is 12.1 Å². The Balaban J connectivity index is 1.72. The number of rotatable bonds is 6. The van der Waals surface area contributed by atoms with Crippen molar-refractivity contribution in [3.05, 3.63) is 53.5 Å². The van der Waals surface area contributed by atoms with Gasteiger partial charge in [-0.25, -0.2) is 4.98 Å². The van der Waals surface area contributed by atoms with Gasteiger partial charge in [0.25, 0.3) is 0 Å². The summed E-state index contributed by atoms with van der Waals surface area (Å²) in [5.41, 5.74) is 1.93. The zero-order chi connectivity index (χ0) is 18.5. The van der Waals surface area contributed by atoms with Gasteiger partial charge in [0.15, 0.2) is 11.5 Å². The van der Waals surface area contributed by atoms with Crippen LogP contribution in [0.2, 0.25) is 0 Å². The number of para-hydroxylation sites is 2. The highest BCUT2D eigenvalue weighted by Gasteiger charge is 2.12. The second-order valence-electron chi connectivity index (χ2n) is 5.46. The van der Waals surface area contributed by atoms with Gasteiger partial charge in [0.05, 0.1) is 32.0 Å². The van der Waals surface area contributed by atoms with Crippen LogP contribution in [0.5, 0.6) is 17.2 Å². The summed E-state index contributed by atoms with van der Waals surface area (Å²) in [6.07, 6.45) is 0.123. The van der Waals surface area contributed by atoms with Crippen molar-refractivity contribution in [2.24, 2.45) is 0 Å². The predicted molar refractivity (Wildman–Crippen MR) is 101 cm³/mol. The average molecular weight is 370 g/mol. The zero-order valence-corrected chi connectivity index (χ0v) is 15.2. The monoisotopic (exact) mass is 370 g/mol. The number of hydrogen-bond donors (Lipinski definition) is 2. The van der Waals surface area contributed by atoms with Crippen LogP contribution >= 0.6 is 11.3 Å². The molecule has 0 aliphatic rings. The van der Waals surface area contributed by atoms with Crippen molar-refractivity contribution in [2.45, 2.75) is 6.42 Å². The Bertz CT molecular complexity index is 923. The van der Waals surface area contributed by atoms with Crippen LogP contribution in [0, 0.1) is 0 Å². The minimum atomic E-state index is -0.240. The lowest BCUT2D eigenvalue weighted by atomic mass is 10.2. The SMILES string of the molecule is COc1ccc(-c2nc(CC(=O)Nc3ccccc3O)cs2)cc1OC. The van der Waals surface area contributed by atoms with Crippen molar-refractivity contribution >= 4 is 22.9 Å². The number of thiazole rings is 1. The lowest BCUT2D eigenvalue weighted by Crippen LogP contribution is -2.14. The fraction of sp³-hybridized carbons (Fsp3) is 0.158. The van der Waals surface area contributed by atoms with E-state index < -0.39 is 0 Å². The van der Waals surface area contributed by atoms with Crippen LogP contribution in [-0.2, 0) is 11.2 Å². The van der Waals surface area contributed by atoms with E-state index >= 15 is 0 Å². The lowest BCUT2D eigenvalue weighted by molar-refractivity contribution is -0.115. The van der Waals surface area contributed by atoms with Crippen LogP contribution in [0.15, 0.2) is 47.8 Å². The summed E-state index contributed by atoms with van der Waals surface area (Å²) < 4.78 is 10.5. The number of nitrogens with zero attached hydrogens (tertiary/aromatic N) is 1. The number of carbonyl (C=O) groups excluding carboxylic acids is 1. The first-order valence-corrected chi connectivity index (χ1v) is 8.73. The molecule has 3 aromatic rings. The van der Waals surface area contributed by atoms with Gasteiger partial charge in [-0.15, -0.1) is 11.3 Å². The van der Waals surface area contributed by atoms with E-state index in [1.807, 2.05) is 23.6 Å². The normalized spacial score (nSPS) is 10.4. The standard InChI is InChI=1S/C19H18N2O4S/c1-24-16-8-7-12(9-17(16)25-2)19-20-13(11-26-19)10-18(23)21-14-5-3-4-6-15(14)22/h3-9,11,22H,10H2,1-2H3,(H,21,23). The van der Waals surface area contributed by atoms with Crippen molar-refractivity contribution in [1.82, 2.24) is 4.98 Å². The number of nitrogens with one attached hydrogen (secondary N) is 1. The Morgan fingerprint density at radius 2 is 1.92 bits per heavy atom. The van der Waals surface area contributed by atoms with Gasteiger partial charge in [0.2, 0.25) is 5.91 Å². The summed E-state index contributed by atoms with van der Waals surface area (Å²) in [7, 11) is 3.17. The molecule has 0 saturated carbocycles. The van der Waals surface area contributed by atoms with Gasteiger partial charge in [-0.2, -0.15) is 0 Å². The van der Waals surface area contributed by atoms with E-state index in [-0.39, 0.29) is 18.1 Å². The van der Waals surface area contributed by atoms with Crippen LogP contribution in [0.25, 0.3) is 10.6 Å². The molecule has 0 saturated heterocycles. The molecule has 0 spiro atoms. The molecule has 3 rings (SSSR count). The Morgan fingerprint density at radius 3 is 2.65 bits per heavy atom. The number of carbonyl (C=O) groups is 1. The number of aromatic hydroxyl groups is 1. The number of phenolic OH excluding ortho intramolecular Hbond substituents is 1. The molecule has 0 radical (unpaired) electrons. The number of aromatic nitrogens is 1. The maximum absolute atomic E-state index is 12.2. The van der Waals surface area contributed by atoms with Crippen LogP contribution in [0.1, 0.15) is 5.69 Å². The first kappa shape index (κ1) is 17.8. The summed E-state index contributed by atoms with van der Waals surface area (Å²) in [5, 5.41) is 15.0. The van der Waals surface area contributed by atoms with Crippen LogP contribution in [0.4, 0.5) is 5.69 Å². The topological polar surface area (TPSA) is 80.7 Å². The molecule has 0 bridgehead atoms. The zero-order valence-electron chi connectivity index (χ0n) is 14.4. The molecule has 0 aliphatic heterocycles. The summed E-state index contributed by atoms with van der Waals surface area (Å²) in [5.74, 6) is 1.06. The Kier molecular flexibility index (Phi) is 5.38. The van der Waals surface area contributed by atoms with Gasteiger partial charge in [-0.3, -0.25) is 4.79 Å². The molecule has 2 aromatic carbocycles. The third-order valence-corrected chi connectivity index (χ3v) is 4.64. The highest BCUT2D eigenvalue weighted by molar-refractivity contribution is 7.13. The lowest BCUT2D eigenvalue weighted by Gasteiger charge is -2.08. The third-order valence-electron chi connectivity index (χ3n) is 3.70. The molecular formula is C19H18N2O4S. The fourth-order valence-electron chi connectivity index (χ4n) is 2.43. The maximum Gasteiger partial charge on any atom is 0.230 e. The van der Waals surface area contributed by atoms with E-state index in [1.165, 1.54) is 17.4 Å². The summed E-state index contributed by atoms with van der Waals surface area (Å²) in [6, 6.07) is 12.2. The van der Waals surface area contributed by atoms with Crippen molar-refractivity contribution in [3.8, 4) is 27.8 Å². The van der Waals surface area contributed by atoms with Crippen LogP contribution in [-0.4, -0.2) is 30.2 Å².